The highest BCUT2D eigenvalue weighted by molar-refractivity contribution is 5.82. The zero-order chi connectivity index (χ0) is 12.3. The van der Waals surface area contributed by atoms with Crippen molar-refractivity contribution >= 4 is 11.5 Å². The van der Waals surface area contributed by atoms with Crippen LogP contribution in [0, 0.1) is 0 Å². The quantitative estimate of drug-likeness (QED) is 0.813. The predicted octanol–water partition coefficient (Wildman–Crippen LogP) is 2.04. The molecule has 3 nitrogen and oxygen atoms in total. The number of benzene rings is 1. The minimum Gasteiger partial charge on any atom is -0.365 e. The Hall–Kier alpha value is -2.03. The molecule has 0 spiro atoms. The fraction of sp³-hybridized carbons (Fsp3) is 0.214. The van der Waals surface area contributed by atoms with Crippen molar-refractivity contribution in [2.45, 2.75) is 19.5 Å². The van der Waals surface area contributed by atoms with Gasteiger partial charge in [-0.1, -0.05) is 36.4 Å². The van der Waals surface area contributed by atoms with Crippen LogP contribution in [0.4, 0.5) is 0 Å². The van der Waals surface area contributed by atoms with Gasteiger partial charge in [-0.25, -0.2) is 0 Å². The average Bonchev–Trinajstić information content (AvgIpc) is 2.29. The van der Waals surface area contributed by atoms with Gasteiger partial charge in [0.2, 0.25) is 5.91 Å². The van der Waals surface area contributed by atoms with Gasteiger partial charge in [-0.15, -0.1) is 0 Å². The standard InChI is InChI=1S/C14H16N2O/c1-11(17)16-14(2)13(9-6-10-15-14)12-7-4-3-5-8-12/h3-10,15H,1-2H3,(H,16,17). The van der Waals surface area contributed by atoms with E-state index in [-0.39, 0.29) is 5.91 Å². The van der Waals surface area contributed by atoms with Crippen molar-refractivity contribution in [1.82, 2.24) is 10.6 Å². The van der Waals surface area contributed by atoms with Gasteiger partial charge in [0.05, 0.1) is 0 Å². The molecule has 1 heterocycles. The Morgan fingerprint density at radius 1 is 1.29 bits per heavy atom. The highest BCUT2D eigenvalue weighted by atomic mass is 16.1. The van der Waals surface area contributed by atoms with Crippen LogP contribution < -0.4 is 10.6 Å². The summed E-state index contributed by atoms with van der Waals surface area (Å²) in [5.41, 5.74) is 1.60. The second kappa shape index (κ2) is 4.45. The van der Waals surface area contributed by atoms with Crippen LogP contribution in [0.3, 0.4) is 0 Å². The van der Waals surface area contributed by atoms with Gasteiger partial charge in [0.15, 0.2) is 0 Å². The molecular formula is C14H16N2O. The Morgan fingerprint density at radius 3 is 2.65 bits per heavy atom. The van der Waals surface area contributed by atoms with Crippen molar-refractivity contribution in [1.29, 1.82) is 0 Å². The molecule has 0 aliphatic carbocycles. The van der Waals surface area contributed by atoms with Gasteiger partial charge >= 0.3 is 0 Å². The third-order valence-corrected chi connectivity index (χ3v) is 2.78. The number of hydrogen-bond donors (Lipinski definition) is 2. The zero-order valence-corrected chi connectivity index (χ0v) is 10.0. The van der Waals surface area contributed by atoms with Crippen molar-refractivity contribution < 1.29 is 4.79 Å². The number of allylic oxidation sites excluding steroid dienone is 2. The topological polar surface area (TPSA) is 41.1 Å². The van der Waals surface area contributed by atoms with Crippen LogP contribution in [0.5, 0.6) is 0 Å². The maximum absolute atomic E-state index is 11.3. The molecule has 0 saturated heterocycles. The number of carbonyl (C=O) groups excluding carboxylic acids is 1. The molecule has 0 saturated carbocycles. The molecule has 2 rings (SSSR count). The van der Waals surface area contributed by atoms with Crippen LogP contribution in [0.15, 0.2) is 48.7 Å². The maximum atomic E-state index is 11.3. The molecule has 3 heteroatoms. The van der Waals surface area contributed by atoms with Gasteiger partial charge in [-0.05, 0) is 24.8 Å². The lowest BCUT2D eigenvalue weighted by Gasteiger charge is -2.35. The molecule has 0 bridgehead atoms. The van der Waals surface area contributed by atoms with Crippen LogP contribution in [-0.2, 0) is 4.79 Å². The minimum atomic E-state index is -0.554. The van der Waals surface area contributed by atoms with Gasteiger partial charge in [0.1, 0.15) is 5.66 Å². The molecule has 17 heavy (non-hydrogen) atoms. The molecular weight excluding hydrogens is 212 g/mol. The van der Waals surface area contributed by atoms with E-state index in [1.54, 1.807) is 0 Å². The van der Waals surface area contributed by atoms with Crippen molar-refractivity contribution in [3.05, 3.63) is 54.2 Å². The first-order valence-corrected chi connectivity index (χ1v) is 5.61. The van der Waals surface area contributed by atoms with Crippen molar-refractivity contribution in [3.8, 4) is 0 Å². The second-order valence-corrected chi connectivity index (χ2v) is 4.26. The molecule has 1 atom stereocenters. The summed E-state index contributed by atoms with van der Waals surface area (Å²) in [6.07, 6.45) is 5.79. The molecule has 2 N–H and O–H groups in total. The molecule has 0 aromatic heterocycles. The van der Waals surface area contributed by atoms with E-state index in [0.29, 0.717) is 0 Å². The van der Waals surface area contributed by atoms with Gasteiger partial charge in [0.25, 0.3) is 0 Å². The number of dihydropyridines is 1. The highest BCUT2D eigenvalue weighted by Crippen LogP contribution is 2.27. The minimum absolute atomic E-state index is 0.0582. The largest absolute Gasteiger partial charge is 0.365 e. The van der Waals surface area contributed by atoms with Gasteiger partial charge < -0.3 is 10.6 Å². The Labute approximate surface area is 101 Å². The summed E-state index contributed by atoms with van der Waals surface area (Å²) in [5.74, 6) is -0.0582. The summed E-state index contributed by atoms with van der Waals surface area (Å²) in [6, 6.07) is 10.0. The summed E-state index contributed by atoms with van der Waals surface area (Å²) in [4.78, 5) is 11.3. The Balaban J connectivity index is 2.38. The summed E-state index contributed by atoms with van der Waals surface area (Å²) < 4.78 is 0. The molecule has 1 aliphatic rings. The molecule has 1 amide bonds. The van der Waals surface area contributed by atoms with E-state index in [1.165, 1.54) is 6.92 Å². The molecule has 1 unspecified atom stereocenters. The van der Waals surface area contributed by atoms with E-state index in [9.17, 15) is 4.79 Å². The molecule has 0 radical (unpaired) electrons. The van der Waals surface area contributed by atoms with E-state index < -0.39 is 5.66 Å². The number of rotatable bonds is 2. The summed E-state index contributed by atoms with van der Waals surface area (Å²) in [5, 5.41) is 6.13. The van der Waals surface area contributed by atoms with Crippen LogP contribution in [-0.4, -0.2) is 11.6 Å². The fourth-order valence-corrected chi connectivity index (χ4v) is 2.06. The van der Waals surface area contributed by atoms with Crippen molar-refractivity contribution in [2.24, 2.45) is 0 Å². The first kappa shape index (κ1) is 11.5. The molecule has 1 aromatic carbocycles. The van der Waals surface area contributed by atoms with Crippen LogP contribution in [0.2, 0.25) is 0 Å². The van der Waals surface area contributed by atoms with Crippen molar-refractivity contribution in [3.63, 3.8) is 0 Å². The Kier molecular flexibility index (Phi) is 3.00. The third-order valence-electron chi connectivity index (χ3n) is 2.78. The number of amides is 1. The van der Waals surface area contributed by atoms with Crippen molar-refractivity contribution in [2.75, 3.05) is 0 Å². The summed E-state index contributed by atoms with van der Waals surface area (Å²) >= 11 is 0. The molecule has 0 fully saturated rings. The van der Waals surface area contributed by atoms with Crippen LogP contribution >= 0.6 is 0 Å². The molecule has 1 aromatic rings. The van der Waals surface area contributed by atoms with Crippen LogP contribution in [0.1, 0.15) is 19.4 Å². The van der Waals surface area contributed by atoms with E-state index in [0.717, 1.165) is 11.1 Å². The lowest BCUT2D eigenvalue weighted by molar-refractivity contribution is -0.120. The first-order chi connectivity index (χ1) is 8.12. The van der Waals surface area contributed by atoms with Gasteiger partial charge in [0, 0.05) is 12.5 Å². The molecule has 88 valence electrons. The lowest BCUT2D eigenvalue weighted by Crippen LogP contribution is -2.55. The Bertz CT molecular complexity index is 476. The summed E-state index contributed by atoms with van der Waals surface area (Å²) in [6.45, 7) is 3.48. The number of carbonyl (C=O) groups is 1. The third kappa shape index (κ3) is 2.38. The zero-order valence-electron chi connectivity index (χ0n) is 10.0. The van der Waals surface area contributed by atoms with Crippen LogP contribution in [0.25, 0.3) is 5.57 Å². The van der Waals surface area contributed by atoms with E-state index >= 15 is 0 Å². The molecule has 1 aliphatic heterocycles. The maximum Gasteiger partial charge on any atom is 0.218 e. The van der Waals surface area contributed by atoms with Gasteiger partial charge in [-0.2, -0.15) is 0 Å². The fourth-order valence-electron chi connectivity index (χ4n) is 2.06. The second-order valence-electron chi connectivity index (χ2n) is 4.26. The SMILES string of the molecule is CC(=O)NC1(C)NC=CC=C1c1ccccc1. The predicted molar refractivity (Wildman–Crippen MR) is 68.9 cm³/mol. The summed E-state index contributed by atoms with van der Waals surface area (Å²) in [7, 11) is 0. The van der Waals surface area contributed by atoms with E-state index in [1.807, 2.05) is 55.6 Å². The van der Waals surface area contributed by atoms with Gasteiger partial charge in [-0.3, -0.25) is 4.79 Å². The van der Waals surface area contributed by atoms with E-state index in [4.69, 9.17) is 0 Å². The average molecular weight is 228 g/mol. The normalized spacial score (nSPS) is 22.6. The monoisotopic (exact) mass is 228 g/mol. The number of hydrogen-bond acceptors (Lipinski definition) is 2. The first-order valence-electron chi connectivity index (χ1n) is 5.61. The number of nitrogens with one attached hydrogen (secondary N) is 2. The smallest absolute Gasteiger partial charge is 0.218 e. The Morgan fingerprint density at radius 2 is 2.00 bits per heavy atom. The highest BCUT2D eigenvalue weighted by Gasteiger charge is 2.30. The lowest BCUT2D eigenvalue weighted by atomic mass is 9.91. The van der Waals surface area contributed by atoms with E-state index in [2.05, 4.69) is 10.6 Å².